The number of nitrogens with zero attached hydrogens (tertiary/aromatic N) is 2. The Balaban J connectivity index is 1.98. The molecule has 1 fully saturated rings. The van der Waals surface area contributed by atoms with Crippen LogP contribution in [0.3, 0.4) is 0 Å². The molecular weight excluding hydrogens is 228 g/mol. The van der Waals surface area contributed by atoms with Gasteiger partial charge in [0.25, 0.3) is 0 Å². The van der Waals surface area contributed by atoms with E-state index in [9.17, 15) is 0 Å². The van der Waals surface area contributed by atoms with Crippen molar-refractivity contribution in [1.29, 1.82) is 0 Å². The molecule has 1 saturated heterocycles. The van der Waals surface area contributed by atoms with Gasteiger partial charge in [-0.1, -0.05) is 13.8 Å². The number of aromatic nitrogens is 2. The number of hydrogen-bond acceptors (Lipinski definition) is 5. The molecule has 0 aliphatic carbocycles. The fraction of sp³-hybridized carbons (Fsp3) is 0.692. The molecule has 1 aliphatic rings. The Labute approximate surface area is 108 Å². The Morgan fingerprint density at radius 3 is 2.78 bits per heavy atom. The molecule has 0 saturated carbocycles. The predicted octanol–water partition coefficient (Wildman–Crippen LogP) is 1.85. The number of rotatable bonds is 4. The van der Waals surface area contributed by atoms with Crippen LogP contribution >= 0.6 is 0 Å². The number of anilines is 2. The van der Waals surface area contributed by atoms with E-state index in [1.54, 1.807) is 6.07 Å². The van der Waals surface area contributed by atoms with Crippen LogP contribution in [0.25, 0.3) is 0 Å². The first-order chi connectivity index (χ1) is 8.61. The van der Waals surface area contributed by atoms with E-state index in [4.69, 9.17) is 10.5 Å². The minimum Gasteiger partial charge on any atom is -0.384 e. The fourth-order valence-corrected chi connectivity index (χ4v) is 2.11. The second-order valence-electron chi connectivity index (χ2n) is 5.22. The van der Waals surface area contributed by atoms with Crippen LogP contribution in [-0.4, -0.2) is 29.7 Å². The van der Waals surface area contributed by atoms with Crippen molar-refractivity contribution in [3.63, 3.8) is 0 Å². The van der Waals surface area contributed by atoms with E-state index in [-0.39, 0.29) is 5.41 Å². The number of nitrogen functional groups attached to an aromatic ring is 1. The lowest BCUT2D eigenvalue weighted by Crippen LogP contribution is -2.33. The van der Waals surface area contributed by atoms with Gasteiger partial charge >= 0.3 is 0 Å². The summed E-state index contributed by atoms with van der Waals surface area (Å²) in [5.74, 6) is 2.14. The van der Waals surface area contributed by atoms with Crippen LogP contribution in [0.1, 0.15) is 32.5 Å². The van der Waals surface area contributed by atoms with Crippen molar-refractivity contribution in [2.24, 2.45) is 5.41 Å². The van der Waals surface area contributed by atoms with Gasteiger partial charge in [-0.05, 0) is 18.3 Å². The standard InChI is InChI=1S/C13H22N4O/c1-3-11-16-10(14)8-12(17-11)15-9-13(2)4-6-18-7-5-13/h8H,3-7,9H2,1-2H3,(H3,14,15,16,17). The van der Waals surface area contributed by atoms with Crippen LogP contribution in [0.15, 0.2) is 6.07 Å². The van der Waals surface area contributed by atoms with Crippen molar-refractivity contribution < 1.29 is 4.74 Å². The predicted molar refractivity (Wildman–Crippen MR) is 72.5 cm³/mol. The van der Waals surface area contributed by atoms with Gasteiger partial charge in [0.15, 0.2) is 0 Å². The third-order valence-electron chi connectivity index (χ3n) is 3.50. The molecule has 0 radical (unpaired) electrons. The Bertz CT molecular complexity index is 402. The first-order valence-corrected chi connectivity index (χ1v) is 6.56. The molecular formula is C13H22N4O. The van der Waals surface area contributed by atoms with Gasteiger partial charge in [0.1, 0.15) is 17.5 Å². The molecule has 0 amide bonds. The lowest BCUT2D eigenvalue weighted by molar-refractivity contribution is 0.0300. The molecule has 0 atom stereocenters. The summed E-state index contributed by atoms with van der Waals surface area (Å²) in [6.07, 6.45) is 2.97. The van der Waals surface area contributed by atoms with E-state index in [0.717, 1.165) is 50.7 Å². The molecule has 18 heavy (non-hydrogen) atoms. The largest absolute Gasteiger partial charge is 0.384 e. The normalized spacial score (nSPS) is 18.6. The summed E-state index contributed by atoms with van der Waals surface area (Å²) in [4.78, 5) is 8.61. The van der Waals surface area contributed by atoms with Gasteiger partial charge in [0.05, 0.1) is 0 Å². The summed E-state index contributed by atoms with van der Waals surface area (Å²) in [6.45, 7) is 6.91. The minimum absolute atomic E-state index is 0.282. The number of nitrogens with one attached hydrogen (secondary N) is 1. The highest BCUT2D eigenvalue weighted by atomic mass is 16.5. The molecule has 1 aromatic rings. The second kappa shape index (κ2) is 5.52. The zero-order valence-corrected chi connectivity index (χ0v) is 11.2. The van der Waals surface area contributed by atoms with E-state index in [0.29, 0.717) is 5.82 Å². The Hall–Kier alpha value is -1.36. The highest BCUT2D eigenvalue weighted by Crippen LogP contribution is 2.29. The molecule has 1 aliphatic heterocycles. The van der Waals surface area contributed by atoms with Crippen LogP contribution in [0.5, 0.6) is 0 Å². The van der Waals surface area contributed by atoms with E-state index in [2.05, 4.69) is 22.2 Å². The quantitative estimate of drug-likeness (QED) is 0.853. The van der Waals surface area contributed by atoms with E-state index >= 15 is 0 Å². The topological polar surface area (TPSA) is 73.1 Å². The Morgan fingerprint density at radius 2 is 2.11 bits per heavy atom. The smallest absolute Gasteiger partial charge is 0.132 e. The zero-order valence-electron chi connectivity index (χ0n) is 11.2. The summed E-state index contributed by atoms with van der Waals surface area (Å²) in [5.41, 5.74) is 6.05. The maximum Gasteiger partial charge on any atom is 0.132 e. The summed E-state index contributed by atoms with van der Waals surface area (Å²) in [6, 6.07) is 1.79. The average Bonchev–Trinajstić information content (AvgIpc) is 2.37. The van der Waals surface area contributed by atoms with Gasteiger partial charge in [-0.3, -0.25) is 0 Å². The van der Waals surface area contributed by atoms with Crippen molar-refractivity contribution in [2.45, 2.75) is 33.1 Å². The van der Waals surface area contributed by atoms with E-state index in [1.165, 1.54) is 0 Å². The first-order valence-electron chi connectivity index (χ1n) is 6.56. The zero-order chi connectivity index (χ0) is 13.0. The lowest BCUT2D eigenvalue weighted by atomic mass is 9.82. The van der Waals surface area contributed by atoms with E-state index < -0.39 is 0 Å². The van der Waals surface area contributed by atoms with Crippen molar-refractivity contribution in [3.8, 4) is 0 Å². The SMILES string of the molecule is CCc1nc(N)cc(NCC2(C)CCOCC2)n1. The fourth-order valence-electron chi connectivity index (χ4n) is 2.11. The third kappa shape index (κ3) is 3.32. The van der Waals surface area contributed by atoms with Gasteiger partial charge < -0.3 is 15.8 Å². The second-order valence-corrected chi connectivity index (χ2v) is 5.22. The maximum atomic E-state index is 5.77. The van der Waals surface area contributed by atoms with Crippen LogP contribution < -0.4 is 11.1 Å². The van der Waals surface area contributed by atoms with Crippen LogP contribution in [-0.2, 0) is 11.2 Å². The molecule has 0 aromatic carbocycles. The Morgan fingerprint density at radius 1 is 1.39 bits per heavy atom. The highest BCUT2D eigenvalue weighted by molar-refractivity contribution is 5.44. The molecule has 3 N–H and O–H groups in total. The molecule has 0 bridgehead atoms. The monoisotopic (exact) mass is 250 g/mol. The van der Waals surface area contributed by atoms with Gasteiger partial charge in [-0.15, -0.1) is 0 Å². The van der Waals surface area contributed by atoms with Crippen LogP contribution in [0.4, 0.5) is 11.6 Å². The minimum atomic E-state index is 0.282. The van der Waals surface area contributed by atoms with Crippen molar-refractivity contribution in [1.82, 2.24) is 9.97 Å². The number of aryl methyl sites for hydroxylation is 1. The molecule has 5 nitrogen and oxygen atoms in total. The molecule has 100 valence electrons. The summed E-state index contributed by atoms with van der Waals surface area (Å²) < 4.78 is 5.40. The van der Waals surface area contributed by atoms with Crippen molar-refractivity contribution in [2.75, 3.05) is 30.8 Å². The molecule has 2 heterocycles. The molecule has 5 heteroatoms. The number of ether oxygens (including phenoxy) is 1. The maximum absolute atomic E-state index is 5.77. The van der Waals surface area contributed by atoms with Crippen LogP contribution in [0.2, 0.25) is 0 Å². The number of nitrogens with two attached hydrogens (primary N) is 1. The Kier molecular flexibility index (Phi) is 4.01. The van der Waals surface area contributed by atoms with Crippen molar-refractivity contribution in [3.05, 3.63) is 11.9 Å². The van der Waals surface area contributed by atoms with Crippen molar-refractivity contribution >= 4 is 11.6 Å². The summed E-state index contributed by atoms with van der Waals surface area (Å²) >= 11 is 0. The van der Waals surface area contributed by atoms with Gasteiger partial charge in [0, 0.05) is 32.2 Å². The van der Waals surface area contributed by atoms with Gasteiger partial charge in [-0.2, -0.15) is 0 Å². The number of hydrogen-bond donors (Lipinski definition) is 2. The lowest BCUT2D eigenvalue weighted by Gasteiger charge is -2.33. The van der Waals surface area contributed by atoms with Gasteiger partial charge in [0.2, 0.25) is 0 Å². The van der Waals surface area contributed by atoms with Crippen LogP contribution in [0, 0.1) is 5.41 Å². The highest BCUT2D eigenvalue weighted by Gasteiger charge is 2.27. The summed E-state index contributed by atoms with van der Waals surface area (Å²) in [5, 5.41) is 3.38. The average molecular weight is 250 g/mol. The molecule has 1 aromatic heterocycles. The molecule has 0 spiro atoms. The first kappa shape index (κ1) is 13.1. The summed E-state index contributed by atoms with van der Waals surface area (Å²) in [7, 11) is 0. The third-order valence-corrected chi connectivity index (χ3v) is 3.50. The van der Waals surface area contributed by atoms with E-state index in [1.807, 2.05) is 6.92 Å². The van der Waals surface area contributed by atoms with Gasteiger partial charge in [-0.25, -0.2) is 9.97 Å². The molecule has 0 unspecified atom stereocenters. The molecule has 2 rings (SSSR count).